The predicted molar refractivity (Wildman–Crippen MR) is 119 cm³/mol. The van der Waals surface area contributed by atoms with Crippen LogP contribution in [-0.2, 0) is 6.54 Å². The number of nitrogens with zero attached hydrogens (tertiary/aromatic N) is 2. The van der Waals surface area contributed by atoms with Crippen LogP contribution in [-0.4, -0.2) is 17.1 Å². The molecule has 5 heteroatoms. The standard InChI is InChI=1S/C24H26N2O2S/c1-5-7-8-13-28-20-11-9-10-19(16-20)23(27)25-24-26(12-6-2)21-15-17(3)14-18(4)22(21)29-24/h2,9-11,14-16H,5,7-8,12-13H2,1,3-4H3. The molecule has 0 aliphatic carbocycles. The van der Waals surface area contributed by atoms with Gasteiger partial charge in [0.2, 0.25) is 0 Å². The number of fused-ring (bicyclic) bond motifs is 1. The maximum atomic E-state index is 12.8. The number of rotatable bonds is 7. The number of carbonyl (C=O) groups is 1. The summed E-state index contributed by atoms with van der Waals surface area (Å²) in [7, 11) is 0. The zero-order valence-electron chi connectivity index (χ0n) is 17.2. The van der Waals surface area contributed by atoms with Gasteiger partial charge in [0.1, 0.15) is 5.75 Å². The molecular formula is C24H26N2O2S. The first-order chi connectivity index (χ1) is 14.0. The number of carbonyl (C=O) groups excluding carboxylic acids is 1. The van der Waals surface area contributed by atoms with Crippen LogP contribution in [0.25, 0.3) is 10.2 Å². The summed E-state index contributed by atoms with van der Waals surface area (Å²) >= 11 is 1.49. The zero-order valence-corrected chi connectivity index (χ0v) is 18.0. The van der Waals surface area contributed by atoms with Crippen molar-refractivity contribution in [3.63, 3.8) is 0 Å². The van der Waals surface area contributed by atoms with Crippen molar-refractivity contribution < 1.29 is 9.53 Å². The summed E-state index contributed by atoms with van der Waals surface area (Å²) < 4.78 is 8.80. The molecule has 0 aliphatic heterocycles. The Kier molecular flexibility index (Phi) is 6.90. The van der Waals surface area contributed by atoms with Crippen molar-refractivity contribution in [1.29, 1.82) is 0 Å². The second-order valence-corrected chi connectivity index (χ2v) is 8.08. The molecule has 1 aromatic heterocycles. The normalized spacial score (nSPS) is 11.6. The summed E-state index contributed by atoms with van der Waals surface area (Å²) in [5, 5.41) is 0. The van der Waals surface area contributed by atoms with Gasteiger partial charge in [-0.3, -0.25) is 4.79 Å². The number of amides is 1. The van der Waals surface area contributed by atoms with Crippen molar-refractivity contribution in [3.8, 4) is 18.1 Å². The fourth-order valence-corrected chi connectivity index (χ4v) is 4.33. The molecule has 0 bridgehead atoms. The van der Waals surface area contributed by atoms with Crippen molar-refractivity contribution >= 4 is 27.5 Å². The Morgan fingerprint density at radius 2 is 2.07 bits per heavy atom. The molecule has 0 saturated heterocycles. The van der Waals surface area contributed by atoms with E-state index in [1.165, 1.54) is 11.3 Å². The molecule has 0 unspecified atom stereocenters. The van der Waals surface area contributed by atoms with Crippen LogP contribution >= 0.6 is 11.3 Å². The first kappa shape index (κ1) is 20.9. The summed E-state index contributed by atoms with van der Waals surface area (Å²) in [6, 6.07) is 11.4. The van der Waals surface area contributed by atoms with Gasteiger partial charge in [-0.05, 0) is 55.7 Å². The summed E-state index contributed by atoms with van der Waals surface area (Å²) in [6.07, 6.45) is 8.86. The lowest BCUT2D eigenvalue weighted by atomic mass is 10.1. The van der Waals surface area contributed by atoms with Crippen LogP contribution in [0.15, 0.2) is 41.4 Å². The Bertz CT molecular complexity index is 1130. The zero-order chi connectivity index (χ0) is 20.8. The fourth-order valence-electron chi connectivity index (χ4n) is 3.25. The van der Waals surface area contributed by atoms with Crippen LogP contribution in [0.1, 0.15) is 47.7 Å². The highest BCUT2D eigenvalue weighted by Crippen LogP contribution is 2.23. The monoisotopic (exact) mass is 406 g/mol. The van der Waals surface area contributed by atoms with Gasteiger partial charge in [-0.2, -0.15) is 4.99 Å². The molecule has 0 N–H and O–H groups in total. The van der Waals surface area contributed by atoms with Crippen LogP contribution in [0.5, 0.6) is 5.75 Å². The van der Waals surface area contributed by atoms with Crippen LogP contribution in [0.4, 0.5) is 0 Å². The Morgan fingerprint density at radius 1 is 1.24 bits per heavy atom. The van der Waals surface area contributed by atoms with Crippen molar-refractivity contribution in [1.82, 2.24) is 4.57 Å². The lowest BCUT2D eigenvalue weighted by Crippen LogP contribution is -2.16. The largest absolute Gasteiger partial charge is 0.494 e. The predicted octanol–water partition coefficient (Wildman–Crippen LogP) is 5.26. The average Bonchev–Trinajstić information content (AvgIpc) is 3.03. The number of benzene rings is 2. The van der Waals surface area contributed by atoms with Crippen LogP contribution in [0.3, 0.4) is 0 Å². The Balaban J connectivity index is 1.95. The van der Waals surface area contributed by atoms with Crippen molar-refractivity contribution in [2.45, 2.75) is 46.6 Å². The van der Waals surface area contributed by atoms with Crippen LogP contribution < -0.4 is 9.54 Å². The topological polar surface area (TPSA) is 43.6 Å². The lowest BCUT2D eigenvalue weighted by molar-refractivity contribution is 0.0997. The second kappa shape index (κ2) is 9.58. The van der Waals surface area contributed by atoms with E-state index >= 15 is 0 Å². The molecular weight excluding hydrogens is 380 g/mol. The molecule has 0 radical (unpaired) electrons. The first-order valence-electron chi connectivity index (χ1n) is 9.89. The Hall–Kier alpha value is -2.84. The van der Waals surface area contributed by atoms with E-state index in [9.17, 15) is 4.79 Å². The first-order valence-corrected chi connectivity index (χ1v) is 10.7. The smallest absolute Gasteiger partial charge is 0.279 e. The third kappa shape index (κ3) is 4.96. The van der Waals surface area contributed by atoms with E-state index in [0.717, 1.165) is 40.6 Å². The summed E-state index contributed by atoms with van der Waals surface area (Å²) in [4.78, 5) is 17.9. The number of hydrogen-bond acceptors (Lipinski definition) is 3. The summed E-state index contributed by atoms with van der Waals surface area (Å²) in [5.74, 6) is 3.08. The van der Waals surface area contributed by atoms with Gasteiger partial charge in [-0.15, -0.1) is 6.42 Å². The Morgan fingerprint density at radius 3 is 2.83 bits per heavy atom. The van der Waals surface area contributed by atoms with Crippen molar-refractivity contribution in [2.24, 2.45) is 4.99 Å². The third-order valence-corrected chi connectivity index (χ3v) is 5.89. The highest BCUT2D eigenvalue weighted by molar-refractivity contribution is 7.16. The van der Waals surface area contributed by atoms with Gasteiger partial charge in [-0.25, -0.2) is 0 Å². The van der Waals surface area contributed by atoms with Gasteiger partial charge in [0.25, 0.3) is 5.91 Å². The fraction of sp³-hybridized carbons (Fsp3) is 0.333. The molecule has 4 nitrogen and oxygen atoms in total. The lowest BCUT2D eigenvalue weighted by Gasteiger charge is -2.06. The van der Waals surface area contributed by atoms with E-state index in [2.05, 4.69) is 43.8 Å². The molecule has 3 rings (SSSR count). The minimum atomic E-state index is -0.296. The molecule has 29 heavy (non-hydrogen) atoms. The number of terminal acetylenes is 1. The van der Waals surface area contributed by atoms with Gasteiger partial charge >= 0.3 is 0 Å². The van der Waals surface area contributed by atoms with Gasteiger partial charge in [0, 0.05) is 5.56 Å². The van der Waals surface area contributed by atoms with Gasteiger partial charge in [0.05, 0.1) is 23.4 Å². The maximum absolute atomic E-state index is 12.8. The number of unbranched alkanes of at least 4 members (excludes halogenated alkanes) is 2. The maximum Gasteiger partial charge on any atom is 0.279 e. The van der Waals surface area contributed by atoms with Crippen molar-refractivity contribution in [2.75, 3.05) is 6.61 Å². The van der Waals surface area contributed by atoms with Gasteiger partial charge < -0.3 is 9.30 Å². The molecule has 1 amide bonds. The van der Waals surface area contributed by atoms with E-state index in [1.807, 2.05) is 16.7 Å². The summed E-state index contributed by atoms with van der Waals surface area (Å²) in [6.45, 7) is 7.30. The van der Waals surface area contributed by atoms with Gasteiger partial charge in [-0.1, -0.05) is 49.2 Å². The molecule has 2 aromatic carbocycles. The van der Waals surface area contributed by atoms with Crippen molar-refractivity contribution in [3.05, 3.63) is 57.9 Å². The number of thiazole rings is 1. The highest BCUT2D eigenvalue weighted by atomic mass is 32.1. The molecule has 0 saturated carbocycles. The molecule has 3 aromatic rings. The third-order valence-electron chi connectivity index (χ3n) is 4.66. The quantitative estimate of drug-likeness (QED) is 0.397. The van der Waals surface area contributed by atoms with E-state index < -0.39 is 0 Å². The van der Waals surface area contributed by atoms with E-state index in [1.54, 1.807) is 12.1 Å². The summed E-state index contributed by atoms with van der Waals surface area (Å²) in [5.41, 5.74) is 3.84. The van der Waals surface area contributed by atoms with Crippen LogP contribution in [0.2, 0.25) is 0 Å². The van der Waals surface area contributed by atoms with E-state index in [0.29, 0.717) is 29.3 Å². The SMILES string of the molecule is C#CCn1c(=NC(=O)c2cccc(OCCCCC)c2)sc2c(C)cc(C)cc21. The molecule has 0 aliphatic rings. The number of aromatic nitrogens is 1. The molecule has 150 valence electrons. The van der Waals surface area contributed by atoms with E-state index in [4.69, 9.17) is 11.2 Å². The van der Waals surface area contributed by atoms with E-state index in [-0.39, 0.29) is 5.91 Å². The molecule has 0 atom stereocenters. The molecule has 0 fully saturated rings. The van der Waals surface area contributed by atoms with Crippen LogP contribution in [0, 0.1) is 26.2 Å². The minimum absolute atomic E-state index is 0.296. The Labute approximate surface area is 175 Å². The number of hydrogen-bond donors (Lipinski definition) is 0. The number of aryl methyl sites for hydroxylation is 2. The minimum Gasteiger partial charge on any atom is -0.494 e. The van der Waals surface area contributed by atoms with Gasteiger partial charge in [0.15, 0.2) is 4.80 Å². The average molecular weight is 407 g/mol. The number of ether oxygens (including phenoxy) is 1. The molecule has 1 heterocycles. The second-order valence-electron chi connectivity index (χ2n) is 7.11. The highest BCUT2D eigenvalue weighted by Gasteiger charge is 2.11. The molecule has 0 spiro atoms.